The number of rotatable bonds is 1. The Morgan fingerprint density at radius 3 is 2.23 bits per heavy atom. The molecule has 0 N–H and O–H groups in total. The van der Waals surface area contributed by atoms with Crippen molar-refractivity contribution in [2.75, 3.05) is 0 Å². The molecule has 0 aliphatic rings. The van der Waals surface area contributed by atoms with Gasteiger partial charge in [-0.2, -0.15) is 0 Å². The van der Waals surface area contributed by atoms with Crippen LogP contribution >= 0.6 is 46.4 Å². The second kappa shape index (κ2) is 4.56. The van der Waals surface area contributed by atoms with E-state index in [1.165, 1.54) is 0 Å². The van der Waals surface area contributed by atoms with Crippen LogP contribution in [0.3, 0.4) is 0 Å². The average Bonchev–Trinajstić information content (AvgIpc) is 2.03. The molecular formula is C9H6Cl4. The molecule has 0 aliphatic carbocycles. The summed E-state index contributed by atoms with van der Waals surface area (Å²) in [5.41, 5.74) is 1.71. The van der Waals surface area contributed by atoms with Gasteiger partial charge in [-0.1, -0.05) is 58.5 Å². The van der Waals surface area contributed by atoms with Crippen LogP contribution in [0, 0.1) is 6.92 Å². The molecule has 70 valence electrons. The van der Waals surface area contributed by atoms with Gasteiger partial charge >= 0.3 is 0 Å². The Hall–Kier alpha value is 0.120. The lowest BCUT2D eigenvalue weighted by Gasteiger charge is -2.03. The van der Waals surface area contributed by atoms with E-state index >= 15 is 0 Å². The number of halogens is 4. The van der Waals surface area contributed by atoms with Crippen LogP contribution in [0.25, 0.3) is 5.03 Å². The second-order valence-corrected chi connectivity index (χ2v) is 4.29. The summed E-state index contributed by atoms with van der Waals surface area (Å²) in [5, 5.41) is 0.817. The summed E-state index contributed by atoms with van der Waals surface area (Å²) in [5.74, 6) is 0. The van der Waals surface area contributed by atoms with Crippen LogP contribution in [0.15, 0.2) is 22.7 Å². The molecule has 0 saturated carbocycles. The summed E-state index contributed by atoms with van der Waals surface area (Å²) < 4.78 is 0.0208. The molecule has 0 unspecified atom stereocenters. The monoisotopic (exact) mass is 254 g/mol. The molecule has 0 fully saturated rings. The maximum Gasteiger partial charge on any atom is 0.126 e. The van der Waals surface area contributed by atoms with E-state index in [1.807, 2.05) is 13.0 Å². The Morgan fingerprint density at radius 2 is 1.77 bits per heavy atom. The molecule has 0 spiro atoms. The Morgan fingerprint density at radius 1 is 1.15 bits per heavy atom. The molecule has 4 heteroatoms. The zero-order valence-electron chi connectivity index (χ0n) is 6.74. The predicted octanol–water partition coefficient (Wildman–Crippen LogP) is 4.99. The van der Waals surface area contributed by atoms with Gasteiger partial charge in [-0.05, 0) is 18.6 Å². The van der Waals surface area contributed by atoms with Crippen molar-refractivity contribution >= 4 is 51.4 Å². The molecular weight excluding hydrogens is 250 g/mol. The molecule has 1 aromatic carbocycles. The second-order valence-electron chi connectivity index (χ2n) is 2.56. The van der Waals surface area contributed by atoms with Crippen molar-refractivity contribution in [3.05, 3.63) is 38.8 Å². The fraction of sp³-hybridized carbons (Fsp3) is 0.111. The van der Waals surface area contributed by atoms with Crippen molar-refractivity contribution in [2.24, 2.45) is 0 Å². The summed E-state index contributed by atoms with van der Waals surface area (Å²) in [6.07, 6.45) is 0. The average molecular weight is 256 g/mol. The van der Waals surface area contributed by atoms with Crippen LogP contribution in [0.1, 0.15) is 11.1 Å². The van der Waals surface area contributed by atoms with E-state index in [9.17, 15) is 0 Å². The molecule has 0 nitrogen and oxygen atoms in total. The molecule has 1 aromatic rings. The van der Waals surface area contributed by atoms with Crippen LogP contribution in [0.2, 0.25) is 5.02 Å². The minimum atomic E-state index is 0.0208. The highest BCUT2D eigenvalue weighted by atomic mass is 35.5. The van der Waals surface area contributed by atoms with Crippen molar-refractivity contribution in [1.82, 2.24) is 0 Å². The topological polar surface area (TPSA) is 0 Å². The third-order valence-electron chi connectivity index (χ3n) is 1.53. The molecule has 0 saturated heterocycles. The van der Waals surface area contributed by atoms with E-state index in [0.717, 1.165) is 5.56 Å². The first kappa shape index (κ1) is 11.2. The highest BCUT2D eigenvalue weighted by Crippen LogP contribution is 2.32. The molecule has 0 aromatic heterocycles. The summed E-state index contributed by atoms with van der Waals surface area (Å²) in [6.45, 7) is 1.94. The molecule has 13 heavy (non-hydrogen) atoms. The maximum absolute atomic E-state index is 5.93. The van der Waals surface area contributed by atoms with Gasteiger partial charge in [-0.15, -0.1) is 0 Å². The Bertz CT molecular complexity index is 351. The lowest BCUT2D eigenvalue weighted by Crippen LogP contribution is -1.81. The summed E-state index contributed by atoms with van der Waals surface area (Å²) >= 11 is 22.8. The first-order chi connectivity index (χ1) is 6.02. The number of aryl methyl sites for hydroxylation is 1. The summed E-state index contributed by atoms with van der Waals surface area (Å²) in [4.78, 5) is 0. The molecule has 0 heterocycles. The third-order valence-corrected chi connectivity index (χ3v) is 2.80. The molecule has 0 bridgehead atoms. The van der Waals surface area contributed by atoms with Crippen LogP contribution in [-0.2, 0) is 0 Å². The van der Waals surface area contributed by atoms with Gasteiger partial charge in [0, 0.05) is 10.6 Å². The van der Waals surface area contributed by atoms with E-state index in [4.69, 9.17) is 46.4 Å². The molecule has 0 amide bonds. The SMILES string of the molecule is Cc1ccc(C(Cl)=C(Cl)Cl)c(Cl)c1. The summed E-state index contributed by atoms with van der Waals surface area (Å²) in [7, 11) is 0. The highest BCUT2D eigenvalue weighted by Gasteiger charge is 2.07. The normalized spacial score (nSPS) is 9.92. The van der Waals surface area contributed by atoms with E-state index < -0.39 is 0 Å². The van der Waals surface area contributed by atoms with Crippen molar-refractivity contribution in [2.45, 2.75) is 6.92 Å². The molecule has 0 radical (unpaired) electrons. The molecule has 0 atom stereocenters. The van der Waals surface area contributed by atoms with Crippen LogP contribution in [0.5, 0.6) is 0 Å². The van der Waals surface area contributed by atoms with Crippen molar-refractivity contribution < 1.29 is 0 Å². The lowest BCUT2D eigenvalue weighted by atomic mass is 10.1. The Labute approximate surface area is 97.0 Å². The standard InChI is InChI=1S/C9H6Cl4/c1-5-2-3-6(7(10)4-5)8(11)9(12)13/h2-4H,1H3. The van der Waals surface area contributed by atoms with Crippen molar-refractivity contribution in [3.8, 4) is 0 Å². The van der Waals surface area contributed by atoms with E-state index in [-0.39, 0.29) is 9.52 Å². The smallest absolute Gasteiger partial charge is 0.0836 e. The number of hydrogen-bond acceptors (Lipinski definition) is 0. The number of benzene rings is 1. The first-order valence-electron chi connectivity index (χ1n) is 3.49. The van der Waals surface area contributed by atoms with Crippen molar-refractivity contribution in [1.29, 1.82) is 0 Å². The Balaban J connectivity index is 3.25. The fourth-order valence-electron chi connectivity index (χ4n) is 0.900. The quantitative estimate of drug-likeness (QED) is 0.663. The number of hydrogen-bond donors (Lipinski definition) is 0. The van der Waals surface area contributed by atoms with Gasteiger partial charge in [-0.25, -0.2) is 0 Å². The fourth-order valence-corrected chi connectivity index (χ4v) is 1.65. The molecule has 1 rings (SSSR count). The predicted molar refractivity (Wildman–Crippen MR) is 60.7 cm³/mol. The van der Waals surface area contributed by atoms with E-state index in [2.05, 4.69) is 0 Å². The van der Waals surface area contributed by atoms with Gasteiger partial charge in [0.2, 0.25) is 0 Å². The lowest BCUT2D eigenvalue weighted by molar-refractivity contribution is 1.46. The van der Waals surface area contributed by atoms with Gasteiger partial charge in [0.15, 0.2) is 0 Å². The Kier molecular flexibility index (Phi) is 3.93. The largest absolute Gasteiger partial charge is 0.126 e. The zero-order chi connectivity index (χ0) is 10.0. The molecule has 0 aliphatic heterocycles. The van der Waals surface area contributed by atoms with Crippen LogP contribution in [0.4, 0.5) is 0 Å². The van der Waals surface area contributed by atoms with Gasteiger partial charge in [0.25, 0.3) is 0 Å². The van der Waals surface area contributed by atoms with Gasteiger partial charge in [-0.3, -0.25) is 0 Å². The highest BCUT2D eigenvalue weighted by molar-refractivity contribution is 6.67. The van der Waals surface area contributed by atoms with Crippen molar-refractivity contribution in [3.63, 3.8) is 0 Å². The third kappa shape index (κ3) is 2.78. The maximum atomic E-state index is 5.93. The van der Waals surface area contributed by atoms with Crippen LogP contribution < -0.4 is 0 Å². The van der Waals surface area contributed by atoms with Gasteiger partial charge in [0.1, 0.15) is 4.49 Å². The van der Waals surface area contributed by atoms with Crippen LogP contribution in [-0.4, -0.2) is 0 Å². The van der Waals surface area contributed by atoms with Gasteiger partial charge in [0.05, 0.1) is 5.03 Å². The van der Waals surface area contributed by atoms with E-state index in [1.54, 1.807) is 12.1 Å². The summed E-state index contributed by atoms with van der Waals surface area (Å²) in [6, 6.07) is 5.47. The van der Waals surface area contributed by atoms with Gasteiger partial charge < -0.3 is 0 Å². The zero-order valence-corrected chi connectivity index (χ0v) is 9.77. The minimum absolute atomic E-state index is 0.0208. The first-order valence-corrected chi connectivity index (χ1v) is 5.01. The minimum Gasteiger partial charge on any atom is -0.0836 e. The van der Waals surface area contributed by atoms with E-state index in [0.29, 0.717) is 10.6 Å².